The van der Waals surface area contributed by atoms with E-state index >= 15 is 0 Å². The van der Waals surface area contributed by atoms with E-state index in [2.05, 4.69) is 21.3 Å². The molecule has 43 heavy (non-hydrogen) atoms. The number of aliphatic carboxylic acids is 1. The van der Waals surface area contributed by atoms with Crippen LogP contribution in [0.15, 0.2) is 0 Å². The van der Waals surface area contributed by atoms with Gasteiger partial charge in [0.15, 0.2) is 6.04 Å². The number of thioether (sulfide) groups is 1. The Hall–Kier alpha value is -3.48. The van der Waals surface area contributed by atoms with Gasteiger partial charge in [-0.25, -0.2) is 4.79 Å². The summed E-state index contributed by atoms with van der Waals surface area (Å²) in [5.74, 6) is -6.67. The molecule has 0 saturated carbocycles. The highest BCUT2D eigenvalue weighted by Gasteiger charge is 2.33. The highest BCUT2D eigenvalue weighted by molar-refractivity contribution is 7.98. The lowest BCUT2D eigenvalue weighted by Gasteiger charge is -2.26. The van der Waals surface area contributed by atoms with E-state index in [-0.39, 0.29) is 12.3 Å². The fourth-order valence-corrected chi connectivity index (χ4v) is 3.95. The molecular weight excluding hydrogens is 590 g/mol. The zero-order valence-corrected chi connectivity index (χ0v) is 25.7. The van der Waals surface area contributed by atoms with Crippen molar-refractivity contribution >= 4 is 53.2 Å². The Morgan fingerprint density at radius 1 is 0.791 bits per heavy atom. The molecule has 6 amide bonds. The molecule has 246 valence electrons. The van der Waals surface area contributed by atoms with Crippen molar-refractivity contribution in [3.8, 4) is 0 Å². The number of carbonyl (C=O) groups excluding carboxylic acids is 6. The van der Waals surface area contributed by atoms with Gasteiger partial charge in [0.05, 0.1) is 25.2 Å². The first kappa shape index (κ1) is 39.5. The second kappa shape index (κ2) is 19.7. The number of rotatable bonds is 20. The molecular formula is C25H45N7O10S. The molecule has 0 spiro atoms. The van der Waals surface area contributed by atoms with Crippen molar-refractivity contribution in [1.29, 1.82) is 0 Å². The number of hydrogen-bond acceptors (Lipinski definition) is 11. The molecule has 0 aromatic heterocycles. The lowest BCUT2D eigenvalue weighted by molar-refractivity contribution is -0.145. The lowest BCUT2D eigenvalue weighted by Crippen LogP contribution is -2.60. The molecule has 0 aliphatic carbocycles. The van der Waals surface area contributed by atoms with Gasteiger partial charge in [0.1, 0.15) is 24.2 Å². The van der Waals surface area contributed by atoms with Gasteiger partial charge in [0.2, 0.25) is 35.4 Å². The quantitative estimate of drug-likeness (QED) is 0.0610. The van der Waals surface area contributed by atoms with Crippen molar-refractivity contribution in [1.82, 2.24) is 26.6 Å². The normalized spacial score (nSPS) is 16.6. The third kappa shape index (κ3) is 14.0. The van der Waals surface area contributed by atoms with Crippen LogP contribution < -0.4 is 38.1 Å². The van der Waals surface area contributed by atoms with Gasteiger partial charge >= 0.3 is 5.97 Å². The molecule has 0 heterocycles. The maximum atomic E-state index is 13.1. The number of carboxylic acids is 1. The van der Waals surface area contributed by atoms with Crippen LogP contribution in [0.3, 0.4) is 0 Å². The minimum atomic E-state index is -1.72. The molecule has 18 heteroatoms. The summed E-state index contributed by atoms with van der Waals surface area (Å²) in [7, 11) is 0. The van der Waals surface area contributed by atoms with Gasteiger partial charge in [-0.05, 0) is 38.2 Å². The maximum Gasteiger partial charge on any atom is 0.328 e. The molecule has 8 atom stereocenters. The van der Waals surface area contributed by atoms with Gasteiger partial charge in [-0.3, -0.25) is 28.8 Å². The van der Waals surface area contributed by atoms with Crippen LogP contribution in [0.1, 0.15) is 47.0 Å². The third-order valence-corrected chi connectivity index (χ3v) is 7.10. The summed E-state index contributed by atoms with van der Waals surface area (Å²) in [4.78, 5) is 86.5. The predicted octanol–water partition coefficient (Wildman–Crippen LogP) is -4.11. The van der Waals surface area contributed by atoms with Crippen molar-refractivity contribution < 1.29 is 48.9 Å². The van der Waals surface area contributed by atoms with Crippen LogP contribution in [0.4, 0.5) is 0 Å². The largest absolute Gasteiger partial charge is 0.480 e. The number of primary amides is 1. The number of carbonyl (C=O) groups is 7. The molecule has 0 aromatic carbocycles. The number of nitrogens with one attached hydrogen (secondary N) is 5. The molecule has 0 aliphatic rings. The van der Waals surface area contributed by atoms with E-state index in [1.165, 1.54) is 18.7 Å². The molecule has 17 nitrogen and oxygen atoms in total. The van der Waals surface area contributed by atoms with Crippen LogP contribution in [0.25, 0.3) is 0 Å². The van der Waals surface area contributed by atoms with Crippen molar-refractivity contribution in [2.75, 3.05) is 18.6 Å². The molecule has 0 rings (SSSR count). The van der Waals surface area contributed by atoms with Crippen molar-refractivity contribution in [3.63, 3.8) is 0 Å². The van der Waals surface area contributed by atoms with Gasteiger partial charge in [0.25, 0.3) is 0 Å². The van der Waals surface area contributed by atoms with Crippen LogP contribution in [0, 0.1) is 5.92 Å². The van der Waals surface area contributed by atoms with Crippen LogP contribution in [0.5, 0.6) is 0 Å². The molecule has 0 saturated heterocycles. The summed E-state index contributed by atoms with van der Waals surface area (Å²) in [6.07, 6.45) is 0.451. The molecule has 12 N–H and O–H groups in total. The summed E-state index contributed by atoms with van der Waals surface area (Å²) in [6, 6.07) is -8.27. The average molecular weight is 636 g/mol. The summed E-state index contributed by atoms with van der Waals surface area (Å²) in [5, 5.41) is 39.5. The Labute approximate surface area is 254 Å². The van der Waals surface area contributed by atoms with Crippen LogP contribution >= 0.6 is 11.8 Å². The highest BCUT2D eigenvalue weighted by Crippen LogP contribution is 2.08. The van der Waals surface area contributed by atoms with E-state index in [0.29, 0.717) is 12.2 Å². The highest BCUT2D eigenvalue weighted by atomic mass is 32.2. The van der Waals surface area contributed by atoms with Gasteiger partial charge in [-0.15, -0.1) is 0 Å². The fourth-order valence-electron chi connectivity index (χ4n) is 3.48. The topological polar surface area (TPSA) is 292 Å². The molecule has 0 radical (unpaired) electrons. The second-order valence-electron chi connectivity index (χ2n) is 10.0. The Kier molecular flexibility index (Phi) is 18.1. The molecule has 0 fully saturated rings. The molecule has 0 aliphatic heterocycles. The van der Waals surface area contributed by atoms with E-state index in [9.17, 15) is 43.8 Å². The van der Waals surface area contributed by atoms with Crippen molar-refractivity contribution in [2.24, 2.45) is 17.4 Å². The molecule has 0 aromatic rings. The first-order valence-electron chi connectivity index (χ1n) is 13.6. The third-order valence-electron chi connectivity index (χ3n) is 6.46. The lowest BCUT2D eigenvalue weighted by atomic mass is 9.99. The maximum absolute atomic E-state index is 13.1. The first-order valence-corrected chi connectivity index (χ1v) is 15.0. The number of aliphatic hydroxyl groups excluding tert-OH is 2. The first-order chi connectivity index (χ1) is 20.0. The fraction of sp³-hybridized carbons (Fsp3) is 0.720. The number of hydrogen-bond donors (Lipinski definition) is 10. The van der Waals surface area contributed by atoms with Gasteiger partial charge in [-0.1, -0.05) is 20.3 Å². The zero-order chi connectivity index (χ0) is 33.4. The number of aliphatic hydroxyl groups is 2. The SMILES string of the molecule is CC[C@H](C)[C@H](N)C(=O)N[C@@H](CCSC)C(=O)N[C@@H](CC(N)=O)C(=O)N[C@@H](C)C(=O)N[C@@H](CO)C(=O)N[C@H](C(=O)O)[C@@H](C)O. The van der Waals surface area contributed by atoms with E-state index in [0.717, 1.165) is 6.92 Å². The number of carboxylic acid groups (broad SMARTS) is 1. The average Bonchev–Trinajstić information content (AvgIpc) is 2.94. The van der Waals surface area contributed by atoms with Crippen LogP contribution in [0.2, 0.25) is 0 Å². The van der Waals surface area contributed by atoms with Crippen molar-refractivity contribution in [3.05, 3.63) is 0 Å². The van der Waals surface area contributed by atoms with Gasteiger partial charge < -0.3 is 53.4 Å². The monoisotopic (exact) mass is 635 g/mol. The standard InChI is InChI=1S/C25H45N7O10S/c1-6-11(2)18(27)24(40)29-14(7-8-43-5)21(37)30-15(9-17(26)35)22(38)28-12(3)20(36)31-16(10-33)23(39)32-19(13(4)34)25(41)42/h11-16,18-19,33-34H,6-10,27H2,1-5H3,(H2,26,35)(H,28,38)(H,29,40)(H,30,37)(H,31,36)(H,32,39)(H,41,42)/t11-,12-,13+,14-,15-,16-,18-,19-/m0/s1. The minimum Gasteiger partial charge on any atom is -0.480 e. The van der Waals surface area contributed by atoms with Gasteiger partial charge in [-0.2, -0.15) is 11.8 Å². The Balaban J connectivity index is 5.58. The van der Waals surface area contributed by atoms with Crippen molar-refractivity contribution in [2.45, 2.75) is 89.3 Å². The summed E-state index contributed by atoms with van der Waals surface area (Å²) >= 11 is 1.41. The smallest absolute Gasteiger partial charge is 0.328 e. The van der Waals surface area contributed by atoms with E-state index < -0.39 is 96.8 Å². The van der Waals surface area contributed by atoms with Crippen LogP contribution in [-0.2, 0) is 33.6 Å². The number of amides is 6. The number of nitrogens with two attached hydrogens (primary N) is 2. The van der Waals surface area contributed by atoms with E-state index in [4.69, 9.17) is 16.6 Å². The Morgan fingerprint density at radius 3 is 1.77 bits per heavy atom. The Morgan fingerprint density at radius 2 is 1.30 bits per heavy atom. The second-order valence-corrected chi connectivity index (χ2v) is 11.0. The van der Waals surface area contributed by atoms with Crippen LogP contribution in [-0.4, -0.2) is 118 Å². The Bertz CT molecular complexity index is 999. The molecule has 0 bridgehead atoms. The zero-order valence-electron chi connectivity index (χ0n) is 24.9. The van der Waals surface area contributed by atoms with E-state index in [1.807, 2.05) is 12.2 Å². The minimum absolute atomic E-state index is 0.168. The summed E-state index contributed by atoms with van der Waals surface area (Å²) in [5.41, 5.74) is 11.2. The summed E-state index contributed by atoms with van der Waals surface area (Å²) < 4.78 is 0. The van der Waals surface area contributed by atoms with E-state index in [1.54, 1.807) is 13.2 Å². The predicted molar refractivity (Wildman–Crippen MR) is 156 cm³/mol. The van der Waals surface area contributed by atoms with Gasteiger partial charge in [0, 0.05) is 0 Å². The molecule has 0 unspecified atom stereocenters. The summed E-state index contributed by atoms with van der Waals surface area (Å²) in [6.45, 7) is 5.01.